The highest BCUT2D eigenvalue weighted by molar-refractivity contribution is 7.79. The van der Waals surface area contributed by atoms with Crippen molar-refractivity contribution in [1.82, 2.24) is 5.43 Å². The van der Waals surface area contributed by atoms with Crippen LogP contribution in [0.4, 0.5) is 13.2 Å². The number of hydrazine groups is 1. The van der Waals surface area contributed by atoms with Gasteiger partial charge in [-0.15, -0.1) is 0 Å². The van der Waals surface area contributed by atoms with Crippen LogP contribution in [0.25, 0.3) is 0 Å². The second-order valence-corrected chi connectivity index (χ2v) is 4.24. The summed E-state index contributed by atoms with van der Waals surface area (Å²) in [5, 5.41) is 0. The van der Waals surface area contributed by atoms with Crippen LogP contribution in [0.5, 0.6) is 0 Å². The van der Waals surface area contributed by atoms with E-state index in [4.69, 9.17) is 23.4 Å². The molecule has 1 aromatic carbocycles. The second-order valence-electron chi connectivity index (χ2n) is 3.35. The molecule has 6 nitrogen and oxygen atoms in total. The van der Waals surface area contributed by atoms with E-state index in [1.165, 1.54) is 12.1 Å². The lowest BCUT2D eigenvalue weighted by atomic mass is 10.1. The highest BCUT2D eigenvalue weighted by Gasteiger charge is 2.29. The number of hydrogen-bond donors (Lipinski definition) is 4. The summed E-state index contributed by atoms with van der Waals surface area (Å²) in [5.74, 6) is 5.05. The zero-order chi connectivity index (χ0) is 15.1. The Balaban J connectivity index is 0.000000555. The summed E-state index contributed by atoms with van der Waals surface area (Å²) in [6.07, 6.45) is -3.64. The minimum absolute atomic E-state index is 0.547. The van der Waals surface area contributed by atoms with Crippen LogP contribution in [0.2, 0.25) is 0 Å². The van der Waals surface area contributed by atoms with Gasteiger partial charge in [0.05, 0.1) is 5.56 Å². The van der Waals surface area contributed by atoms with Gasteiger partial charge >= 0.3 is 16.6 Å². The van der Waals surface area contributed by atoms with E-state index in [0.717, 1.165) is 17.7 Å². The van der Waals surface area contributed by atoms with Crippen molar-refractivity contribution in [3.05, 3.63) is 35.4 Å². The average molecular weight is 302 g/mol. The van der Waals surface area contributed by atoms with Crippen LogP contribution in [-0.2, 0) is 23.0 Å². The van der Waals surface area contributed by atoms with E-state index in [9.17, 15) is 13.2 Å². The highest BCUT2D eigenvalue weighted by atomic mass is 32.3. The molecule has 1 aromatic rings. The van der Waals surface area contributed by atoms with E-state index in [1.54, 1.807) is 0 Å². The van der Waals surface area contributed by atoms with Crippen molar-refractivity contribution in [1.29, 1.82) is 0 Å². The van der Waals surface area contributed by atoms with Crippen LogP contribution in [0.15, 0.2) is 24.3 Å². The summed E-state index contributed by atoms with van der Waals surface area (Å²) in [4.78, 5) is 0. The number of alkyl halides is 3. The maximum Gasteiger partial charge on any atom is 0.416 e. The largest absolute Gasteiger partial charge is 0.416 e. The monoisotopic (exact) mass is 302 g/mol. The van der Waals surface area contributed by atoms with Gasteiger partial charge in [0.15, 0.2) is 0 Å². The number of halogens is 3. The Hall–Kier alpha value is -1.20. The molecule has 0 radical (unpaired) electrons. The fourth-order valence-corrected chi connectivity index (χ4v) is 1.08. The third-order valence-corrected chi connectivity index (χ3v) is 1.84. The second kappa shape index (κ2) is 7.40. The fourth-order valence-electron chi connectivity index (χ4n) is 1.08. The molecule has 5 N–H and O–H groups in total. The van der Waals surface area contributed by atoms with Crippen LogP contribution in [-0.4, -0.2) is 24.1 Å². The van der Waals surface area contributed by atoms with Crippen molar-refractivity contribution >= 4 is 10.4 Å². The Morgan fingerprint density at radius 1 is 1.16 bits per heavy atom. The minimum Gasteiger partial charge on any atom is -0.271 e. The first-order valence-electron chi connectivity index (χ1n) is 4.83. The normalized spacial score (nSPS) is 11.7. The van der Waals surface area contributed by atoms with Gasteiger partial charge in [0.2, 0.25) is 0 Å². The molecule has 0 amide bonds. The quantitative estimate of drug-likeness (QED) is 0.377. The molecule has 0 aromatic heterocycles. The first kappa shape index (κ1) is 17.8. The topological polar surface area (TPSA) is 113 Å². The van der Waals surface area contributed by atoms with E-state index < -0.39 is 22.1 Å². The van der Waals surface area contributed by atoms with Crippen LogP contribution in [0, 0.1) is 0 Å². The fraction of sp³-hybridized carbons (Fsp3) is 0.333. The lowest BCUT2D eigenvalue weighted by Crippen LogP contribution is -2.24. The molecule has 0 saturated heterocycles. The molecule has 0 bridgehead atoms. The maximum atomic E-state index is 12.1. The molecule has 0 saturated carbocycles. The van der Waals surface area contributed by atoms with Crippen LogP contribution in [0.3, 0.4) is 0 Å². The van der Waals surface area contributed by atoms with Crippen LogP contribution in [0.1, 0.15) is 11.1 Å². The van der Waals surface area contributed by atoms with Gasteiger partial charge in [-0.25, -0.2) is 0 Å². The lowest BCUT2D eigenvalue weighted by Gasteiger charge is -2.07. The van der Waals surface area contributed by atoms with Crippen molar-refractivity contribution in [2.45, 2.75) is 12.6 Å². The third kappa shape index (κ3) is 10.4. The molecule has 0 atom stereocenters. The standard InChI is InChI=1S/C9H11F3N2.H2O4S/c10-9(11,12)8-3-1-7(2-4-8)5-6-14-13;1-5(2,3)4/h1-4,14H,5-6,13H2;(H2,1,2,3,4). The van der Waals surface area contributed by atoms with Gasteiger partial charge in [0, 0.05) is 6.54 Å². The number of hydrogen-bond acceptors (Lipinski definition) is 4. The third-order valence-electron chi connectivity index (χ3n) is 1.84. The zero-order valence-corrected chi connectivity index (χ0v) is 10.4. The molecule has 0 fully saturated rings. The van der Waals surface area contributed by atoms with Gasteiger partial charge in [0.25, 0.3) is 0 Å². The molecule has 0 aliphatic rings. The van der Waals surface area contributed by atoms with Crippen molar-refractivity contribution < 1.29 is 30.7 Å². The summed E-state index contributed by atoms with van der Waals surface area (Å²) < 4.78 is 68.0. The predicted molar refractivity (Wildman–Crippen MR) is 61.5 cm³/mol. The van der Waals surface area contributed by atoms with Crippen molar-refractivity contribution in [3.63, 3.8) is 0 Å². The van der Waals surface area contributed by atoms with E-state index >= 15 is 0 Å². The maximum absolute atomic E-state index is 12.1. The van der Waals surface area contributed by atoms with E-state index in [2.05, 4.69) is 5.43 Å². The molecular weight excluding hydrogens is 289 g/mol. The molecule has 0 heterocycles. The summed E-state index contributed by atoms with van der Waals surface area (Å²) in [5.41, 5.74) is 2.65. The van der Waals surface area contributed by atoms with E-state index in [1.807, 2.05) is 0 Å². The molecule has 19 heavy (non-hydrogen) atoms. The molecule has 0 aliphatic heterocycles. The Labute approximate surface area is 108 Å². The Bertz CT molecular complexity index is 465. The Morgan fingerprint density at radius 3 is 1.89 bits per heavy atom. The molecule has 0 aliphatic carbocycles. The molecule has 110 valence electrons. The van der Waals surface area contributed by atoms with Gasteiger partial charge in [-0.2, -0.15) is 21.6 Å². The molecule has 0 spiro atoms. The van der Waals surface area contributed by atoms with Gasteiger partial charge in [-0.3, -0.25) is 20.4 Å². The minimum atomic E-state index is -4.67. The number of rotatable bonds is 3. The number of benzene rings is 1. The van der Waals surface area contributed by atoms with Gasteiger partial charge in [-0.05, 0) is 24.1 Å². The summed E-state index contributed by atoms with van der Waals surface area (Å²) in [6.45, 7) is 0.547. The van der Waals surface area contributed by atoms with Crippen molar-refractivity contribution in [2.75, 3.05) is 6.54 Å². The first-order chi connectivity index (χ1) is 8.54. The Morgan fingerprint density at radius 2 is 1.58 bits per heavy atom. The molecule has 0 unspecified atom stereocenters. The van der Waals surface area contributed by atoms with Crippen LogP contribution < -0.4 is 11.3 Å². The van der Waals surface area contributed by atoms with Gasteiger partial charge in [0.1, 0.15) is 0 Å². The molecule has 1 rings (SSSR count). The summed E-state index contributed by atoms with van der Waals surface area (Å²) >= 11 is 0. The van der Waals surface area contributed by atoms with Crippen molar-refractivity contribution in [3.8, 4) is 0 Å². The van der Waals surface area contributed by atoms with Gasteiger partial charge in [-0.1, -0.05) is 12.1 Å². The molecule has 10 heteroatoms. The van der Waals surface area contributed by atoms with Gasteiger partial charge < -0.3 is 0 Å². The average Bonchev–Trinajstić information content (AvgIpc) is 2.23. The molecular formula is C9H13F3N2O4S. The van der Waals surface area contributed by atoms with E-state index in [0.29, 0.717) is 13.0 Å². The highest BCUT2D eigenvalue weighted by Crippen LogP contribution is 2.28. The van der Waals surface area contributed by atoms with Crippen LogP contribution >= 0.6 is 0 Å². The predicted octanol–water partition coefficient (Wildman–Crippen LogP) is 1.06. The first-order valence-corrected chi connectivity index (χ1v) is 6.23. The van der Waals surface area contributed by atoms with Crippen molar-refractivity contribution in [2.24, 2.45) is 5.84 Å². The summed E-state index contributed by atoms with van der Waals surface area (Å²) in [6, 6.07) is 5.07. The zero-order valence-electron chi connectivity index (χ0n) is 9.55. The lowest BCUT2D eigenvalue weighted by molar-refractivity contribution is -0.137. The van der Waals surface area contributed by atoms with E-state index in [-0.39, 0.29) is 0 Å². The smallest absolute Gasteiger partial charge is 0.271 e. The number of nitrogens with one attached hydrogen (secondary N) is 1. The Kier molecular flexibility index (Phi) is 6.94. The number of nitrogens with two attached hydrogens (primary N) is 1. The summed E-state index contributed by atoms with van der Waals surface area (Å²) in [7, 11) is -4.67. The SMILES string of the molecule is NNCCc1ccc(C(F)(F)F)cc1.O=S(=O)(O)O.